The molecule has 4 heterocycles. The van der Waals surface area contributed by atoms with Crippen LogP contribution in [0.4, 0.5) is 10.1 Å². The molecule has 0 atom stereocenters. The summed E-state index contributed by atoms with van der Waals surface area (Å²) in [4.78, 5) is 34.1. The van der Waals surface area contributed by atoms with Crippen LogP contribution < -0.4 is 10.5 Å². The molecule has 35 heavy (non-hydrogen) atoms. The molecule has 3 fully saturated rings. The van der Waals surface area contributed by atoms with E-state index in [0.29, 0.717) is 50.1 Å². The standard InChI is InChI=1S/C25H29FN6O3/c1-24(5-6-24)23(34)29-9-7-25(35,8-10-29)15-31-16-27-21-20(22(31)33)12-28-32(21)19-4-2-3-18(11-19)30-13-17(26)14-30/h2-4,11-12,16-17,35H,5-10,13-15H2,1H3. The largest absolute Gasteiger partial charge is 0.388 e. The molecule has 6 rings (SSSR count). The normalized spacial score (nSPS) is 21.2. The van der Waals surface area contributed by atoms with Crippen molar-refractivity contribution in [1.82, 2.24) is 24.2 Å². The van der Waals surface area contributed by atoms with E-state index in [1.54, 1.807) is 4.68 Å². The Morgan fingerprint density at radius 3 is 2.57 bits per heavy atom. The van der Waals surface area contributed by atoms with Crippen LogP contribution in [0.2, 0.25) is 0 Å². The molecule has 1 aliphatic carbocycles. The smallest absolute Gasteiger partial charge is 0.264 e. The molecule has 2 aromatic heterocycles. The van der Waals surface area contributed by atoms with Gasteiger partial charge in [0.15, 0.2) is 5.65 Å². The third kappa shape index (κ3) is 3.89. The van der Waals surface area contributed by atoms with Crippen molar-refractivity contribution in [3.63, 3.8) is 0 Å². The second kappa shape index (κ2) is 7.87. The Balaban J connectivity index is 1.21. The first kappa shape index (κ1) is 22.2. The molecule has 0 unspecified atom stereocenters. The highest BCUT2D eigenvalue weighted by atomic mass is 19.1. The van der Waals surface area contributed by atoms with Crippen molar-refractivity contribution in [2.75, 3.05) is 31.1 Å². The Morgan fingerprint density at radius 1 is 1.17 bits per heavy atom. The number of likely N-dealkylation sites (tertiary alicyclic amines) is 1. The van der Waals surface area contributed by atoms with Crippen LogP contribution in [0.25, 0.3) is 16.7 Å². The summed E-state index contributed by atoms with van der Waals surface area (Å²) in [5.41, 5.74) is 0.515. The molecular formula is C25H29FN6O3. The van der Waals surface area contributed by atoms with Gasteiger partial charge in [-0.15, -0.1) is 0 Å². The number of aliphatic hydroxyl groups is 1. The van der Waals surface area contributed by atoms with Crippen LogP contribution in [0.1, 0.15) is 32.6 Å². The fourth-order valence-corrected chi connectivity index (χ4v) is 5.09. The van der Waals surface area contributed by atoms with Gasteiger partial charge in [-0.3, -0.25) is 14.2 Å². The predicted octanol–water partition coefficient (Wildman–Crippen LogP) is 1.89. The lowest BCUT2D eigenvalue weighted by Crippen LogP contribution is -2.51. The van der Waals surface area contributed by atoms with Gasteiger partial charge in [-0.25, -0.2) is 14.1 Å². The van der Waals surface area contributed by atoms with E-state index in [0.717, 1.165) is 24.2 Å². The zero-order chi connectivity index (χ0) is 24.4. The van der Waals surface area contributed by atoms with E-state index in [4.69, 9.17) is 0 Å². The minimum absolute atomic E-state index is 0.119. The zero-order valence-electron chi connectivity index (χ0n) is 19.7. The maximum atomic E-state index is 13.3. The van der Waals surface area contributed by atoms with Crippen LogP contribution in [0.15, 0.2) is 41.6 Å². The Kier molecular flexibility index (Phi) is 5.00. The molecule has 9 nitrogen and oxygen atoms in total. The third-order valence-corrected chi connectivity index (χ3v) is 7.79. The number of alkyl halides is 1. The van der Waals surface area contributed by atoms with Crippen molar-refractivity contribution in [3.8, 4) is 5.69 Å². The van der Waals surface area contributed by atoms with Gasteiger partial charge in [-0.05, 0) is 43.9 Å². The second-order valence-corrected chi connectivity index (χ2v) is 10.6. The van der Waals surface area contributed by atoms with Gasteiger partial charge >= 0.3 is 0 Å². The number of carbonyl (C=O) groups is 1. The van der Waals surface area contributed by atoms with Gasteiger partial charge in [0, 0.05) is 24.2 Å². The number of rotatable bonds is 5. The molecule has 1 amide bonds. The summed E-state index contributed by atoms with van der Waals surface area (Å²) < 4.78 is 16.3. The number of carbonyl (C=O) groups excluding carboxylic acids is 1. The number of piperidine rings is 1. The number of fused-ring (bicyclic) bond motifs is 1. The first-order chi connectivity index (χ1) is 16.7. The first-order valence-electron chi connectivity index (χ1n) is 12.2. The number of benzene rings is 1. The van der Waals surface area contributed by atoms with Crippen LogP contribution in [0.5, 0.6) is 0 Å². The summed E-state index contributed by atoms with van der Waals surface area (Å²) in [6.07, 6.45) is 4.86. The van der Waals surface area contributed by atoms with Crippen molar-refractivity contribution in [2.24, 2.45) is 5.41 Å². The molecule has 2 saturated heterocycles. The van der Waals surface area contributed by atoms with Gasteiger partial charge < -0.3 is 14.9 Å². The Hall–Kier alpha value is -3.27. The Morgan fingerprint density at radius 2 is 1.89 bits per heavy atom. The van der Waals surface area contributed by atoms with Gasteiger partial charge in [-0.1, -0.05) is 13.0 Å². The number of aromatic nitrogens is 4. The number of halogens is 1. The molecule has 1 N–H and O–H groups in total. The molecule has 10 heteroatoms. The van der Waals surface area contributed by atoms with Crippen molar-refractivity contribution < 1.29 is 14.3 Å². The van der Waals surface area contributed by atoms with Crippen LogP contribution in [0, 0.1) is 5.41 Å². The summed E-state index contributed by atoms with van der Waals surface area (Å²) in [5.74, 6) is 0.176. The van der Waals surface area contributed by atoms with Crippen LogP contribution >= 0.6 is 0 Å². The van der Waals surface area contributed by atoms with Crippen molar-refractivity contribution in [3.05, 3.63) is 47.1 Å². The summed E-state index contributed by atoms with van der Waals surface area (Å²) in [5, 5.41) is 15.9. The first-order valence-corrected chi connectivity index (χ1v) is 12.2. The molecule has 3 aliphatic rings. The third-order valence-electron chi connectivity index (χ3n) is 7.79. The van der Waals surface area contributed by atoms with Gasteiger partial charge in [0.05, 0.1) is 37.1 Å². The zero-order valence-corrected chi connectivity index (χ0v) is 19.7. The predicted molar refractivity (Wildman–Crippen MR) is 128 cm³/mol. The van der Waals surface area contributed by atoms with Crippen molar-refractivity contribution in [2.45, 2.75) is 50.9 Å². The van der Waals surface area contributed by atoms with Gasteiger partial charge in [0.1, 0.15) is 17.9 Å². The summed E-state index contributed by atoms with van der Waals surface area (Å²) in [6.45, 7) is 3.85. The molecule has 1 aromatic carbocycles. The minimum Gasteiger partial charge on any atom is -0.388 e. The highest BCUT2D eigenvalue weighted by Crippen LogP contribution is 2.47. The number of hydrogen-bond acceptors (Lipinski definition) is 6. The van der Waals surface area contributed by atoms with E-state index in [1.807, 2.05) is 41.0 Å². The fraction of sp³-hybridized carbons (Fsp3) is 0.520. The molecule has 2 aliphatic heterocycles. The molecule has 1 saturated carbocycles. The maximum absolute atomic E-state index is 13.3. The molecule has 3 aromatic rings. The lowest BCUT2D eigenvalue weighted by atomic mass is 9.90. The summed E-state index contributed by atoms with van der Waals surface area (Å²) >= 11 is 0. The van der Waals surface area contributed by atoms with Crippen LogP contribution in [0.3, 0.4) is 0 Å². The Labute approximate surface area is 201 Å². The van der Waals surface area contributed by atoms with Gasteiger partial charge in [-0.2, -0.15) is 5.10 Å². The topological polar surface area (TPSA) is 96.5 Å². The maximum Gasteiger partial charge on any atom is 0.264 e. The van der Waals surface area contributed by atoms with Crippen molar-refractivity contribution >= 4 is 22.6 Å². The molecule has 0 bridgehead atoms. The van der Waals surface area contributed by atoms with E-state index in [2.05, 4.69) is 10.1 Å². The number of hydrogen-bond donors (Lipinski definition) is 1. The van der Waals surface area contributed by atoms with E-state index in [9.17, 15) is 19.1 Å². The molecule has 0 radical (unpaired) electrons. The van der Waals surface area contributed by atoms with Crippen molar-refractivity contribution in [1.29, 1.82) is 0 Å². The minimum atomic E-state index is -1.07. The molecular weight excluding hydrogens is 451 g/mol. The summed E-state index contributed by atoms with van der Waals surface area (Å²) in [6, 6.07) is 7.58. The quantitative estimate of drug-likeness (QED) is 0.599. The molecule has 184 valence electrons. The average molecular weight is 481 g/mol. The SMILES string of the molecule is CC1(C(=O)N2CCC(O)(Cn3cnc4c(cnn4-c4cccc(N5CC(F)C5)c4)c3=O)CC2)CC1. The van der Waals surface area contributed by atoms with Crippen LogP contribution in [-0.4, -0.2) is 73.2 Å². The average Bonchev–Trinajstić information content (AvgIpc) is 3.43. The van der Waals surface area contributed by atoms with Crippen LogP contribution in [-0.2, 0) is 11.3 Å². The van der Waals surface area contributed by atoms with E-state index in [-0.39, 0.29) is 23.4 Å². The second-order valence-electron chi connectivity index (χ2n) is 10.6. The number of anilines is 1. The lowest BCUT2D eigenvalue weighted by Gasteiger charge is -2.39. The molecule has 0 spiro atoms. The fourth-order valence-electron chi connectivity index (χ4n) is 5.09. The van der Waals surface area contributed by atoms with Gasteiger partial charge in [0.2, 0.25) is 5.91 Å². The van der Waals surface area contributed by atoms with E-state index >= 15 is 0 Å². The van der Waals surface area contributed by atoms with Gasteiger partial charge in [0.25, 0.3) is 5.56 Å². The van der Waals surface area contributed by atoms with E-state index in [1.165, 1.54) is 17.1 Å². The Bertz CT molecular complexity index is 1350. The highest BCUT2D eigenvalue weighted by molar-refractivity contribution is 5.85. The lowest BCUT2D eigenvalue weighted by molar-refractivity contribution is -0.141. The monoisotopic (exact) mass is 480 g/mol. The van der Waals surface area contributed by atoms with E-state index < -0.39 is 11.8 Å². The number of amides is 1. The highest BCUT2D eigenvalue weighted by Gasteiger charge is 2.48. The summed E-state index contributed by atoms with van der Waals surface area (Å²) in [7, 11) is 0. The number of nitrogens with zero attached hydrogens (tertiary/aromatic N) is 6.